The second-order valence-corrected chi connectivity index (χ2v) is 14.8. The summed E-state index contributed by atoms with van der Waals surface area (Å²) in [5.41, 5.74) is 7.36. The second kappa shape index (κ2) is 11.0. The zero-order chi connectivity index (χ0) is 29.1. The van der Waals surface area contributed by atoms with Crippen LogP contribution >= 0.6 is 11.3 Å². The molecule has 1 aliphatic heterocycles. The van der Waals surface area contributed by atoms with Crippen LogP contribution < -0.4 is 0 Å². The zero-order valence-corrected chi connectivity index (χ0v) is 26.9. The minimum atomic E-state index is 0.394. The molecule has 3 aromatic carbocycles. The quantitative estimate of drug-likeness (QED) is 0.215. The number of hydrogen-bond acceptors (Lipinski definition) is 2. The first-order valence-corrected chi connectivity index (χ1v) is 17.0. The zero-order valence-electron chi connectivity index (χ0n) is 26.0. The molecule has 0 amide bonds. The van der Waals surface area contributed by atoms with Crippen LogP contribution in [0.15, 0.2) is 96.6 Å². The molecule has 3 aliphatic rings. The smallest absolute Gasteiger partial charge is 0.0392 e. The fourth-order valence-electron chi connectivity index (χ4n) is 8.51. The van der Waals surface area contributed by atoms with Crippen LogP contribution in [0.5, 0.6) is 0 Å². The molecule has 42 heavy (non-hydrogen) atoms. The van der Waals surface area contributed by atoms with Gasteiger partial charge in [0.05, 0.1) is 0 Å². The van der Waals surface area contributed by atoms with Crippen LogP contribution in [0.3, 0.4) is 0 Å². The van der Waals surface area contributed by atoms with E-state index in [0.29, 0.717) is 47.7 Å². The molecule has 6 atom stereocenters. The van der Waals surface area contributed by atoms with Gasteiger partial charge >= 0.3 is 0 Å². The predicted molar refractivity (Wildman–Crippen MR) is 183 cm³/mol. The minimum absolute atomic E-state index is 0.394. The van der Waals surface area contributed by atoms with Crippen molar-refractivity contribution >= 4 is 37.1 Å². The number of thiophene rings is 1. The molecule has 6 unspecified atom stereocenters. The third kappa shape index (κ3) is 4.54. The van der Waals surface area contributed by atoms with Gasteiger partial charge in [0.2, 0.25) is 0 Å². The van der Waals surface area contributed by atoms with E-state index in [2.05, 4.69) is 137 Å². The van der Waals surface area contributed by atoms with E-state index in [-0.39, 0.29) is 0 Å². The molecule has 1 fully saturated rings. The van der Waals surface area contributed by atoms with Crippen molar-refractivity contribution in [1.82, 2.24) is 4.90 Å². The lowest BCUT2D eigenvalue weighted by Gasteiger charge is -2.47. The van der Waals surface area contributed by atoms with Crippen LogP contribution in [0, 0.1) is 36.5 Å². The number of fused-ring (bicyclic) bond motifs is 4. The van der Waals surface area contributed by atoms with Crippen LogP contribution in [-0.4, -0.2) is 17.0 Å². The van der Waals surface area contributed by atoms with Crippen molar-refractivity contribution < 1.29 is 0 Å². The van der Waals surface area contributed by atoms with Crippen molar-refractivity contribution in [2.75, 3.05) is 0 Å². The lowest BCUT2D eigenvalue weighted by Crippen LogP contribution is -2.50. The number of benzene rings is 3. The average molecular weight is 572 g/mol. The maximum Gasteiger partial charge on any atom is 0.0392 e. The Balaban J connectivity index is 1.42. The lowest BCUT2D eigenvalue weighted by atomic mass is 9.73. The van der Waals surface area contributed by atoms with Crippen molar-refractivity contribution in [2.45, 2.75) is 72.5 Å². The highest BCUT2D eigenvalue weighted by atomic mass is 32.1. The van der Waals surface area contributed by atoms with Gasteiger partial charge in [-0.2, -0.15) is 0 Å². The Morgan fingerprint density at radius 2 is 1.62 bits per heavy atom. The summed E-state index contributed by atoms with van der Waals surface area (Å²) >= 11 is 1.94. The Bertz CT molecular complexity index is 1700. The van der Waals surface area contributed by atoms with E-state index in [1.165, 1.54) is 49.7 Å². The van der Waals surface area contributed by atoms with E-state index >= 15 is 0 Å². The first-order valence-electron chi connectivity index (χ1n) is 16.2. The van der Waals surface area contributed by atoms with Gasteiger partial charge in [0.1, 0.15) is 0 Å². The standard InChI is InChI=1S/C40H45NS/c1-24(2)32-21-29(28-14-8-7-9-15-28)22-33(25(3)4)40(32)41-36-18-12-10-16-30(36)27(6)39(41)34-23-35-31-17-11-13-19-37(31)42-38(35)20-26(34)5/h7-11,13-17,19-25,27,30,32,36,39-40H,12,18H2,1-6H3. The summed E-state index contributed by atoms with van der Waals surface area (Å²) in [5, 5.41) is 2.84. The highest BCUT2D eigenvalue weighted by Gasteiger charge is 2.52. The molecule has 0 saturated carbocycles. The van der Waals surface area contributed by atoms with E-state index in [0.717, 1.165) is 0 Å². The third-order valence-electron chi connectivity index (χ3n) is 10.6. The lowest BCUT2D eigenvalue weighted by molar-refractivity contribution is 0.0845. The molecule has 0 spiro atoms. The van der Waals surface area contributed by atoms with Crippen molar-refractivity contribution in [3.05, 3.63) is 113 Å². The van der Waals surface area contributed by atoms with Crippen molar-refractivity contribution in [2.24, 2.45) is 29.6 Å². The molecular formula is C40H45NS. The predicted octanol–water partition coefficient (Wildman–Crippen LogP) is 11.0. The number of likely N-dealkylation sites (tertiary alicyclic amines) is 1. The van der Waals surface area contributed by atoms with E-state index in [1.54, 1.807) is 11.1 Å². The first kappa shape index (κ1) is 27.9. The molecule has 2 aliphatic carbocycles. The maximum atomic E-state index is 3.05. The van der Waals surface area contributed by atoms with Crippen LogP contribution in [-0.2, 0) is 0 Å². The van der Waals surface area contributed by atoms with E-state index in [9.17, 15) is 0 Å². The molecular weight excluding hydrogens is 527 g/mol. The monoisotopic (exact) mass is 571 g/mol. The number of hydrogen-bond donors (Lipinski definition) is 0. The molecule has 2 heteroatoms. The number of rotatable bonds is 5. The maximum absolute atomic E-state index is 3.05. The topological polar surface area (TPSA) is 3.24 Å². The molecule has 1 saturated heterocycles. The minimum Gasteiger partial charge on any atom is -0.285 e. The Morgan fingerprint density at radius 1 is 0.857 bits per heavy atom. The highest BCUT2D eigenvalue weighted by Crippen LogP contribution is 2.54. The van der Waals surface area contributed by atoms with Crippen molar-refractivity contribution in [3.63, 3.8) is 0 Å². The summed E-state index contributed by atoms with van der Waals surface area (Å²) in [6.45, 7) is 14.7. The van der Waals surface area contributed by atoms with E-state index in [1.807, 2.05) is 11.3 Å². The molecule has 0 radical (unpaired) electrons. The normalized spacial score (nSPS) is 28.1. The van der Waals surface area contributed by atoms with Crippen LogP contribution in [0.1, 0.15) is 70.2 Å². The van der Waals surface area contributed by atoms with Gasteiger partial charge in [-0.3, -0.25) is 4.90 Å². The average Bonchev–Trinajstić information content (AvgIpc) is 3.50. The third-order valence-corrected chi connectivity index (χ3v) is 11.7. The summed E-state index contributed by atoms with van der Waals surface area (Å²) < 4.78 is 2.82. The van der Waals surface area contributed by atoms with Crippen LogP contribution in [0.4, 0.5) is 0 Å². The largest absolute Gasteiger partial charge is 0.285 e. The Kier molecular flexibility index (Phi) is 7.27. The van der Waals surface area contributed by atoms with Gasteiger partial charge < -0.3 is 0 Å². The van der Waals surface area contributed by atoms with Gasteiger partial charge in [-0.05, 0) is 95.4 Å². The Morgan fingerprint density at radius 3 is 2.38 bits per heavy atom. The fourth-order valence-corrected chi connectivity index (χ4v) is 9.70. The van der Waals surface area contributed by atoms with Gasteiger partial charge in [0.15, 0.2) is 0 Å². The fraction of sp³-hybridized carbons (Fsp3) is 0.400. The SMILES string of the molecule is Cc1cc2sc3ccccc3c2cc1C1C(C)C2C=CCCC2N1C1C(C(C)C)=CC(c2ccccc2)=CC1C(C)C. The molecule has 7 rings (SSSR count). The number of nitrogens with zero attached hydrogens (tertiary/aromatic N) is 1. The van der Waals surface area contributed by atoms with E-state index < -0.39 is 0 Å². The van der Waals surface area contributed by atoms with Gasteiger partial charge in [-0.15, -0.1) is 11.3 Å². The van der Waals surface area contributed by atoms with Crippen molar-refractivity contribution in [1.29, 1.82) is 0 Å². The molecule has 216 valence electrons. The molecule has 2 heterocycles. The molecule has 1 aromatic heterocycles. The number of allylic oxidation sites excluding steroid dienone is 3. The number of aryl methyl sites for hydroxylation is 1. The molecule has 0 N–H and O–H groups in total. The molecule has 1 nitrogen and oxygen atoms in total. The van der Waals surface area contributed by atoms with Gasteiger partial charge in [0.25, 0.3) is 0 Å². The van der Waals surface area contributed by atoms with E-state index in [4.69, 9.17) is 0 Å². The molecule has 4 aromatic rings. The van der Waals surface area contributed by atoms with Gasteiger partial charge in [-0.25, -0.2) is 0 Å². The van der Waals surface area contributed by atoms with Gasteiger partial charge in [-0.1, -0.05) is 107 Å². The Hall–Kier alpha value is -2.94. The summed E-state index contributed by atoms with van der Waals surface area (Å²) in [7, 11) is 0. The summed E-state index contributed by atoms with van der Waals surface area (Å²) in [5.74, 6) is 2.66. The Labute approximate surface area is 256 Å². The van der Waals surface area contributed by atoms with Crippen LogP contribution in [0.25, 0.3) is 25.7 Å². The van der Waals surface area contributed by atoms with Crippen molar-refractivity contribution in [3.8, 4) is 0 Å². The highest BCUT2D eigenvalue weighted by molar-refractivity contribution is 7.25. The summed E-state index contributed by atoms with van der Waals surface area (Å²) in [4.78, 5) is 3.05. The summed E-state index contributed by atoms with van der Waals surface area (Å²) in [6.07, 6.45) is 12.7. The van der Waals surface area contributed by atoms with Crippen LogP contribution in [0.2, 0.25) is 0 Å². The second-order valence-electron chi connectivity index (χ2n) is 13.8. The first-order chi connectivity index (χ1) is 20.3. The molecule has 0 bridgehead atoms. The van der Waals surface area contributed by atoms with Gasteiger partial charge in [0, 0.05) is 38.3 Å². The summed E-state index contributed by atoms with van der Waals surface area (Å²) in [6, 6.07) is 26.5.